The van der Waals surface area contributed by atoms with Crippen LogP contribution in [-0.4, -0.2) is 41.9 Å². The van der Waals surface area contributed by atoms with Crippen molar-refractivity contribution in [1.29, 1.82) is 0 Å². The molecule has 0 bridgehead atoms. The first-order valence-corrected chi connectivity index (χ1v) is 9.83. The van der Waals surface area contributed by atoms with Gasteiger partial charge in [-0.1, -0.05) is 12.0 Å². The Labute approximate surface area is 158 Å². The molecule has 3 rings (SSSR count). The van der Waals surface area contributed by atoms with Gasteiger partial charge in [0.15, 0.2) is 0 Å². The molecule has 1 unspecified atom stereocenters. The van der Waals surface area contributed by atoms with Gasteiger partial charge in [0.25, 0.3) is 5.91 Å². The first-order valence-electron chi connectivity index (χ1n) is 8.39. The molecular weight excluding hydrogens is 401 g/mol. The number of rotatable bonds is 4. The molecule has 152 valence electrons. The molecule has 1 aliphatic rings. The van der Waals surface area contributed by atoms with Crippen LogP contribution in [0.3, 0.4) is 0 Å². The summed E-state index contributed by atoms with van der Waals surface area (Å²) in [6.45, 7) is 2.85. The highest BCUT2D eigenvalue weighted by atomic mass is 32.2. The molecule has 0 spiro atoms. The fourth-order valence-electron chi connectivity index (χ4n) is 2.85. The normalized spacial score (nSPS) is 18.8. The quantitative estimate of drug-likeness (QED) is 0.819. The Kier molecular flexibility index (Phi) is 5.44. The van der Waals surface area contributed by atoms with Gasteiger partial charge < -0.3 is 4.42 Å². The lowest BCUT2D eigenvalue weighted by Crippen LogP contribution is -2.39. The summed E-state index contributed by atoms with van der Waals surface area (Å²) in [4.78, 5) is 12.1. The molecule has 8 nitrogen and oxygen atoms in total. The summed E-state index contributed by atoms with van der Waals surface area (Å²) in [6.07, 6.45) is -3.07. The zero-order valence-electron chi connectivity index (χ0n) is 14.7. The Morgan fingerprint density at radius 1 is 1.25 bits per heavy atom. The van der Waals surface area contributed by atoms with E-state index in [4.69, 9.17) is 0 Å². The van der Waals surface area contributed by atoms with Gasteiger partial charge in [-0.3, -0.25) is 10.1 Å². The number of halogens is 3. The average Bonchev–Trinajstić information content (AvgIpc) is 3.11. The zero-order valence-corrected chi connectivity index (χ0v) is 15.5. The lowest BCUT2D eigenvalue weighted by molar-refractivity contribution is -0.156. The van der Waals surface area contributed by atoms with E-state index in [-0.39, 0.29) is 16.4 Å². The van der Waals surface area contributed by atoms with Crippen LogP contribution in [0.1, 0.15) is 36.0 Å². The molecular formula is C16H17F3N4O4S. The van der Waals surface area contributed by atoms with Crippen LogP contribution in [-0.2, 0) is 16.2 Å². The minimum atomic E-state index is -4.82. The standard InChI is InChI=1S/C16H17F3N4O4S/c1-10-3-2-8-23(9-10)28(25,26)12-6-4-11(5-7-12)13(24)20-15-22-21-14(27-15)16(17,18)19/h4-7,10H,2-3,8-9H2,1H3,(H,20,22,24). The maximum Gasteiger partial charge on any atom is 0.470 e. The van der Waals surface area contributed by atoms with E-state index < -0.39 is 34.0 Å². The molecule has 1 aromatic carbocycles. The molecule has 2 heterocycles. The number of aromatic nitrogens is 2. The number of carbonyl (C=O) groups is 1. The first kappa shape index (κ1) is 20.3. The van der Waals surface area contributed by atoms with Crippen molar-refractivity contribution in [2.45, 2.75) is 30.8 Å². The molecule has 28 heavy (non-hydrogen) atoms. The number of nitrogens with one attached hydrogen (secondary N) is 1. The maximum absolute atomic E-state index is 12.7. The van der Waals surface area contributed by atoms with E-state index in [0.29, 0.717) is 13.1 Å². The number of hydrogen-bond donors (Lipinski definition) is 1. The highest BCUT2D eigenvalue weighted by Gasteiger charge is 2.38. The molecule has 1 saturated heterocycles. The topological polar surface area (TPSA) is 105 Å². The second-order valence-electron chi connectivity index (χ2n) is 6.50. The van der Waals surface area contributed by atoms with Gasteiger partial charge in [-0.15, -0.1) is 5.10 Å². The Morgan fingerprint density at radius 2 is 1.93 bits per heavy atom. The van der Waals surface area contributed by atoms with Gasteiger partial charge >= 0.3 is 18.1 Å². The van der Waals surface area contributed by atoms with Crippen molar-refractivity contribution in [2.75, 3.05) is 18.4 Å². The molecule has 1 N–H and O–H groups in total. The van der Waals surface area contributed by atoms with E-state index >= 15 is 0 Å². The van der Waals surface area contributed by atoms with Crippen LogP contribution in [0.5, 0.6) is 0 Å². The van der Waals surface area contributed by atoms with Crippen molar-refractivity contribution in [3.8, 4) is 0 Å². The summed E-state index contributed by atoms with van der Waals surface area (Å²) in [6, 6.07) is 4.36. The van der Waals surface area contributed by atoms with E-state index in [2.05, 4.69) is 14.6 Å². The van der Waals surface area contributed by atoms with Gasteiger partial charge in [0.05, 0.1) is 4.90 Å². The van der Waals surface area contributed by atoms with Crippen LogP contribution in [0.2, 0.25) is 0 Å². The summed E-state index contributed by atoms with van der Waals surface area (Å²) in [7, 11) is -3.67. The van der Waals surface area contributed by atoms with Gasteiger partial charge in [-0.05, 0) is 43.0 Å². The lowest BCUT2D eigenvalue weighted by atomic mass is 10.0. The number of anilines is 1. The Balaban J connectivity index is 1.71. The fourth-order valence-corrected chi connectivity index (χ4v) is 4.45. The van der Waals surface area contributed by atoms with E-state index in [0.717, 1.165) is 12.8 Å². The maximum atomic E-state index is 12.7. The van der Waals surface area contributed by atoms with Gasteiger partial charge in [-0.25, -0.2) is 8.42 Å². The number of hydrogen-bond acceptors (Lipinski definition) is 6. The number of sulfonamides is 1. The van der Waals surface area contributed by atoms with E-state index in [1.165, 1.54) is 28.6 Å². The van der Waals surface area contributed by atoms with Gasteiger partial charge in [0, 0.05) is 18.7 Å². The predicted molar refractivity (Wildman–Crippen MR) is 90.9 cm³/mol. The van der Waals surface area contributed by atoms with Crippen molar-refractivity contribution < 1.29 is 30.8 Å². The Bertz CT molecular complexity index is 957. The number of piperidine rings is 1. The molecule has 0 radical (unpaired) electrons. The number of alkyl halides is 3. The van der Waals surface area contributed by atoms with Crippen molar-refractivity contribution in [3.05, 3.63) is 35.7 Å². The second-order valence-corrected chi connectivity index (χ2v) is 8.44. The summed E-state index contributed by atoms with van der Waals surface area (Å²) < 4.78 is 68.4. The second kappa shape index (κ2) is 7.51. The van der Waals surface area contributed by atoms with E-state index in [1.54, 1.807) is 0 Å². The van der Waals surface area contributed by atoms with Crippen LogP contribution in [0.4, 0.5) is 19.2 Å². The molecule has 1 aliphatic heterocycles. The Hall–Kier alpha value is -2.47. The number of benzene rings is 1. The highest BCUT2D eigenvalue weighted by molar-refractivity contribution is 7.89. The highest BCUT2D eigenvalue weighted by Crippen LogP contribution is 2.29. The minimum absolute atomic E-state index is 0.0257. The Morgan fingerprint density at radius 3 is 2.50 bits per heavy atom. The lowest BCUT2D eigenvalue weighted by Gasteiger charge is -2.30. The summed E-state index contributed by atoms with van der Waals surface area (Å²) >= 11 is 0. The molecule has 2 aromatic rings. The van der Waals surface area contributed by atoms with Crippen LogP contribution in [0.25, 0.3) is 0 Å². The van der Waals surface area contributed by atoms with Crippen molar-refractivity contribution in [3.63, 3.8) is 0 Å². The molecule has 0 aliphatic carbocycles. The average molecular weight is 418 g/mol. The summed E-state index contributed by atoms with van der Waals surface area (Å²) in [5.74, 6) is -2.13. The van der Waals surface area contributed by atoms with Crippen molar-refractivity contribution >= 4 is 21.9 Å². The third-order valence-corrected chi connectivity index (χ3v) is 6.14. The van der Waals surface area contributed by atoms with Crippen LogP contribution >= 0.6 is 0 Å². The molecule has 1 atom stereocenters. The first-order chi connectivity index (χ1) is 13.1. The third kappa shape index (κ3) is 4.33. The minimum Gasteiger partial charge on any atom is -0.399 e. The van der Waals surface area contributed by atoms with Crippen LogP contribution in [0.15, 0.2) is 33.6 Å². The molecule has 1 amide bonds. The summed E-state index contributed by atoms with van der Waals surface area (Å²) in [5.41, 5.74) is 0.0257. The summed E-state index contributed by atoms with van der Waals surface area (Å²) in [5, 5.41) is 7.94. The fraction of sp³-hybridized carbons (Fsp3) is 0.438. The molecule has 0 saturated carbocycles. The number of carbonyl (C=O) groups excluding carboxylic acids is 1. The molecule has 1 aromatic heterocycles. The van der Waals surface area contributed by atoms with Gasteiger partial charge in [0.2, 0.25) is 10.0 Å². The monoisotopic (exact) mass is 418 g/mol. The van der Waals surface area contributed by atoms with E-state index in [9.17, 15) is 26.4 Å². The zero-order chi connectivity index (χ0) is 20.5. The van der Waals surface area contributed by atoms with Gasteiger partial charge in [-0.2, -0.15) is 17.5 Å². The van der Waals surface area contributed by atoms with E-state index in [1.807, 2.05) is 12.2 Å². The molecule has 1 fully saturated rings. The SMILES string of the molecule is CC1CCCN(S(=O)(=O)c2ccc(C(=O)Nc3nnc(C(F)(F)F)o3)cc2)C1. The molecule has 12 heteroatoms. The van der Waals surface area contributed by atoms with Crippen LogP contribution < -0.4 is 5.32 Å². The third-order valence-electron chi connectivity index (χ3n) is 4.26. The van der Waals surface area contributed by atoms with Crippen molar-refractivity contribution in [1.82, 2.24) is 14.5 Å². The smallest absolute Gasteiger partial charge is 0.399 e. The number of amides is 1. The van der Waals surface area contributed by atoms with Crippen molar-refractivity contribution in [2.24, 2.45) is 5.92 Å². The van der Waals surface area contributed by atoms with Crippen LogP contribution in [0, 0.1) is 5.92 Å². The predicted octanol–water partition coefficient (Wildman–Crippen LogP) is 2.76. The van der Waals surface area contributed by atoms with Gasteiger partial charge in [0.1, 0.15) is 0 Å². The number of nitrogens with zero attached hydrogens (tertiary/aromatic N) is 3. The largest absolute Gasteiger partial charge is 0.470 e.